The van der Waals surface area contributed by atoms with Crippen LogP contribution in [0, 0.1) is 0 Å². The predicted molar refractivity (Wildman–Crippen MR) is 35.7 cm³/mol. The summed E-state index contributed by atoms with van der Waals surface area (Å²) in [4.78, 5) is 0. The average Bonchev–Trinajstić information content (AvgIpc) is 2.12. The molecule has 0 fully saturated rings. The Morgan fingerprint density at radius 3 is 2.18 bits per heavy atom. The molecule has 0 aromatic heterocycles. The molecule has 0 aromatic carbocycles. The fourth-order valence-corrected chi connectivity index (χ4v) is 2.43. The summed E-state index contributed by atoms with van der Waals surface area (Å²) in [7, 11) is 0. The Kier molecular flexibility index (Phi) is 8.49. The van der Waals surface area contributed by atoms with Crippen molar-refractivity contribution in [3.05, 3.63) is 20.5 Å². The van der Waals surface area contributed by atoms with Crippen molar-refractivity contribution in [1.29, 1.82) is 0 Å². The molecule has 1 aliphatic rings. The number of hydrogen-bond donors (Lipinski definition) is 0. The molecule has 0 aromatic rings. The molecule has 0 radical (unpaired) electrons. The van der Waals surface area contributed by atoms with Crippen LogP contribution in [0.1, 0.15) is 26.7 Å². The molecule has 61 valence electrons. The Labute approximate surface area is 96.2 Å². The molecule has 1 rings (SSSR count). The maximum atomic E-state index is 2.35. The Hall–Kier alpha value is 0.943. The molecule has 0 spiro atoms. The summed E-state index contributed by atoms with van der Waals surface area (Å²) in [5, 5.41) is 0. The van der Waals surface area contributed by atoms with E-state index in [0.29, 0.717) is 0 Å². The number of halogens is 2. The van der Waals surface area contributed by atoms with Gasteiger partial charge in [0, 0.05) is 0 Å². The maximum Gasteiger partial charge on any atom is -1.00 e. The standard InChI is InChI=1S/C8H11.2ClH.Zr/c1-3-8-6-4-5-7(8)2;;;/h4H,3,5H2,1-2H3;2*1H;/q;;;+2/p-2. The molecule has 0 nitrogen and oxygen atoms in total. The first kappa shape index (κ1) is 14.5. The molecule has 0 saturated heterocycles. The van der Waals surface area contributed by atoms with Gasteiger partial charge in [0.15, 0.2) is 0 Å². The summed E-state index contributed by atoms with van der Waals surface area (Å²) >= 11 is 1.58. The van der Waals surface area contributed by atoms with Gasteiger partial charge in [-0.05, 0) is 0 Å². The first-order valence-corrected chi connectivity index (χ1v) is 4.59. The molecule has 1 aliphatic carbocycles. The molecule has 0 bridgehead atoms. The van der Waals surface area contributed by atoms with E-state index in [1.165, 1.54) is 12.8 Å². The van der Waals surface area contributed by atoms with Gasteiger partial charge in [-0.1, -0.05) is 0 Å². The van der Waals surface area contributed by atoms with Crippen LogP contribution in [0.3, 0.4) is 0 Å². The Bertz CT molecular complexity index is 183. The molecule has 0 N–H and O–H groups in total. The van der Waals surface area contributed by atoms with Crippen LogP contribution in [0.25, 0.3) is 0 Å². The average molecular weight is 269 g/mol. The van der Waals surface area contributed by atoms with E-state index in [9.17, 15) is 0 Å². The van der Waals surface area contributed by atoms with Crippen LogP contribution in [0.2, 0.25) is 0 Å². The third-order valence-electron chi connectivity index (χ3n) is 1.81. The van der Waals surface area contributed by atoms with Gasteiger partial charge in [0.1, 0.15) is 0 Å². The van der Waals surface area contributed by atoms with E-state index in [0.717, 1.165) is 0 Å². The maximum absolute atomic E-state index is 2.35. The van der Waals surface area contributed by atoms with E-state index in [2.05, 4.69) is 19.9 Å². The minimum absolute atomic E-state index is 0. The minimum Gasteiger partial charge on any atom is -1.00 e. The van der Waals surface area contributed by atoms with Crippen LogP contribution in [0.5, 0.6) is 0 Å². The number of hydrogen-bond acceptors (Lipinski definition) is 0. The van der Waals surface area contributed by atoms with Crippen molar-refractivity contribution in [1.82, 2.24) is 0 Å². The second-order valence-electron chi connectivity index (χ2n) is 2.43. The Morgan fingerprint density at radius 1 is 1.45 bits per heavy atom. The Balaban J connectivity index is 0. The van der Waals surface area contributed by atoms with E-state index in [4.69, 9.17) is 0 Å². The fourth-order valence-electron chi connectivity index (χ4n) is 1.22. The van der Waals surface area contributed by atoms with Crippen molar-refractivity contribution in [2.75, 3.05) is 0 Å². The van der Waals surface area contributed by atoms with Gasteiger partial charge in [-0.3, -0.25) is 0 Å². The first-order valence-electron chi connectivity index (χ1n) is 3.36. The van der Waals surface area contributed by atoms with Crippen LogP contribution < -0.4 is 24.8 Å². The van der Waals surface area contributed by atoms with Crippen LogP contribution in [0.15, 0.2) is 20.5 Å². The molecule has 0 saturated carbocycles. The van der Waals surface area contributed by atoms with Crippen molar-refractivity contribution in [3.63, 3.8) is 0 Å². The van der Waals surface area contributed by atoms with Crippen molar-refractivity contribution in [2.45, 2.75) is 26.7 Å². The van der Waals surface area contributed by atoms with Gasteiger partial charge in [0.25, 0.3) is 0 Å². The van der Waals surface area contributed by atoms with Crippen molar-refractivity contribution < 1.29 is 49.5 Å². The molecule has 0 heterocycles. The second-order valence-corrected chi connectivity index (χ2v) is 3.76. The van der Waals surface area contributed by atoms with Gasteiger partial charge >= 0.3 is 71.9 Å². The van der Waals surface area contributed by atoms with Gasteiger partial charge in [0.2, 0.25) is 0 Å². The second kappa shape index (κ2) is 6.46. The minimum atomic E-state index is 0. The summed E-state index contributed by atoms with van der Waals surface area (Å²) in [6.45, 7) is 4.48. The van der Waals surface area contributed by atoms with Crippen LogP contribution in [-0.2, 0) is 24.7 Å². The summed E-state index contributed by atoms with van der Waals surface area (Å²) in [6, 6.07) is 0. The largest absolute Gasteiger partial charge is 1.00 e. The first-order chi connectivity index (χ1) is 4.25. The van der Waals surface area contributed by atoms with Crippen molar-refractivity contribution >= 4 is 0 Å². The Morgan fingerprint density at radius 2 is 2.00 bits per heavy atom. The summed E-state index contributed by atoms with van der Waals surface area (Å²) < 4.78 is 1.59. The van der Waals surface area contributed by atoms with Crippen LogP contribution in [0.4, 0.5) is 0 Å². The quantitative estimate of drug-likeness (QED) is 0.465. The monoisotopic (exact) mass is 267 g/mol. The van der Waals surface area contributed by atoms with Gasteiger partial charge in [-0.2, -0.15) is 0 Å². The third-order valence-corrected chi connectivity index (χ3v) is 3.05. The third kappa shape index (κ3) is 3.44. The van der Waals surface area contributed by atoms with Gasteiger partial charge in [-0.15, -0.1) is 0 Å². The summed E-state index contributed by atoms with van der Waals surface area (Å²) in [6.07, 6.45) is 4.79. The number of allylic oxidation sites excluding steroid dienone is 4. The predicted octanol–water partition coefficient (Wildman–Crippen LogP) is -3.44. The molecule has 0 atom stereocenters. The topological polar surface area (TPSA) is 0 Å². The zero-order valence-corrected chi connectivity index (χ0v) is 10.7. The molecule has 0 amide bonds. The zero-order chi connectivity index (χ0) is 6.85. The molecule has 0 aliphatic heterocycles. The van der Waals surface area contributed by atoms with Gasteiger partial charge in [0.05, 0.1) is 0 Å². The molecular weight excluding hydrogens is 258 g/mol. The SMILES string of the molecule is CCC1=C(C)CC=[C]1[Zr+2].[Cl-].[Cl-]. The normalized spacial score (nSPS) is 15.5. The van der Waals surface area contributed by atoms with Crippen molar-refractivity contribution in [3.8, 4) is 0 Å². The fraction of sp³-hybridized carbons (Fsp3) is 0.500. The molecule has 11 heavy (non-hydrogen) atoms. The van der Waals surface area contributed by atoms with Gasteiger partial charge < -0.3 is 24.8 Å². The van der Waals surface area contributed by atoms with E-state index in [1.54, 1.807) is 39.1 Å². The van der Waals surface area contributed by atoms with Crippen molar-refractivity contribution in [2.24, 2.45) is 0 Å². The zero-order valence-electron chi connectivity index (χ0n) is 6.75. The van der Waals surface area contributed by atoms with E-state index in [-0.39, 0.29) is 24.8 Å². The van der Waals surface area contributed by atoms with E-state index >= 15 is 0 Å². The van der Waals surface area contributed by atoms with Crippen LogP contribution in [-0.4, -0.2) is 0 Å². The number of rotatable bonds is 1. The van der Waals surface area contributed by atoms with E-state index in [1.807, 2.05) is 0 Å². The molecule has 0 unspecified atom stereocenters. The summed E-state index contributed by atoms with van der Waals surface area (Å²) in [5.41, 5.74) is 3.21. The van der Waals surface area contributed by atoms with E-state index < -0.39 is 0 Å². The molecule has 3 heteroatoms. The molecular formula is C8H11Cl2Zr. The smallest absolute Gasteiger partial charge is 1.00 e. The summed E-state index contributed by atoms with van der Waals surface area (Å²) in [5.74, 6) is 0. The van der Waals surface area contributed by atoms with Gasteiger partial charge in [-0.25, -0.2) is 0 Å². The van der Waals surface area contributed by atoms with Crippen LogP contribution >= 0.6 is 0 Å².